The highest BCUT2D eigenvalue weighted by molar-refractivity contribution is 5.79. The van der Waals surface area contributed by atoms with Crippen molar-refractivity contribution in [3.63, 3.8) is 0 Å². The fraction of sp³-hybridized carbons (Fsp3) is 0.438. The molecule has 2 N–H and O–H groups in total. The molecule has 2 aromatic rings. The largest absolute Gasteiger partial charge is 0.378 e. The van der Waals surface area contributed by atoms with Crippen molar-refractivity contribution in [1.29, 1.82) is 0 Å². The number of rotatable bonds is 2. The molecule has 3 atom stereocenters. The van der Waals surface area contributed by atoms with E-state index in [1.807, 2.05) is 13.0 Å². The topological polar surface area (TPSA) is 48.1 Å². The summed E-state index contributed by atoms with van der Waals surface area (Å²) in [6.45, 7) is 4.89. The third kappa shape index (κ3) is 2.48. The van der Waals surface area contributed by atoms with Crippen LogP contribution in [0.15, 0.2) is 30.3 Å². The molecule has 1 aliphatic heterocycles. The number of ether oxygens (including phenoxy) is 1. The normalized spacial score (nSPS) is 24.8. The van der Waals surface area contributed by atoms with Crippen molar-refractivity contribution >= 4 is 10.9 Å². The SMILES string of the molecule is Cc1ccc2cc(C(N)C3COC(C)C3)ccc2n1. The lowest BCUT2D eigenvalue weighted by Crippen LogP contribution is -2.21. The summed E-state index contributed by atoms with van der Waals surface area (Å²) < 4.78 is 5.62. The van der Waals surface area contributed by atoms with Crippen LogP contribution in [0.1, 0.15) is 30.6 Å². The van der Waals surface area contributed by atoms with Crippen LogP contribution in [-0.4, -0.2) is 17.7 Å². The zero-order chi connectivity index (χ0) is 13.4. The van der Waals surface area contributed by atoms with Gasteiger partial charge in [0.1, 0.15) is 0 Å². The molecule has 1 aliphatic rings. The fourth-order valence-electron chi connectivity index (χ4n) is 2.83. The molecule has 0 amide bonds. The second-order valence-electron chi connectivity index (χ2n) is 5.57. The van der Waals surface area contributed by atoms with Gasteiger partial charge in [-0.25, -0.2) is 0 Å². The standard InChI is InChI=1S/C16H20N2O/c1-10-3-4-12-8-13(5-6-15(12)18-10)16(17)14-7-11(2)19-9-14/h3-6,8,11,14,16H,7,9,17H2,1-2H3. The van der Waals surface area contributed by atoms with Crippen LogP contribution < -0.4 is 5.73 Å². The number of fused-ring (bicyclic) bond motifs is 1. The Bertz CT molecular complexity index is 596. The molecule has 1 aromatic carbocycles. The van der Waals surface area contributed by atoms with E-state index in [0.29, 0.717) is 12.0 Å². The van der Waals surface area contributed by atoms with Gasteiger partial charge >= 0.3 is 0 Å². The fourth-order valence-corrected chi connectivity index (χ4v) is 2.83. The molecule has 2 heterocycles. The van der Waals surface area contributed by atoms with Gasteiger partial charge in [0.15, 0.2) is 0 Å². The molecule has 1 saturated heterocycles. The van der Waals surface area contributed by atoms with Crippen molar-refractivity contribution in [3.05, 3.63) is 41.6 Å². The predicted molar refractivity (Wildman–Crippen MR) is 76.9 cm³/mol. The molecule has 3 nitrogen and oxygen atoms in total. The van der Waals surface area contributed by atoms with E-state index in [4.69, 9.17) is 10.5 Å². The number of aryl methyl sites for hydroxylation is 1. The molecule has 0 saturated carbocycles. The lowest BCUT2D eigenvalue weighted by molar-refractivity contribution is 0.118. The second-order valence-corrected chi connectivity index (χ2v) is 5.57. The van der Waals surface area contributed by atoms with Gasteiger partial charge in [-0.1, -0.05) is 12.1 Å². The number of hydrogen-bond acceptors (Lipinski definition) is 3. The summed E-state index contributed by atoms with van der Waals surface area (Å²) in [6, 6.07) is 10.5. The third-order valence-corrected chi connectivity index (χ3v) is 3.97. The first-order valence-corrected chi connectivity index (χ1v) is 6.88. The molecule has 0 radical (unpaired) electrons. The maximum atomic E-state index is 6.38. The van der Waals surface area contributed by atoms with Gasteiger partial charge in [0, 0.05) is 23.0 Å². The van der Waals surface area contributed by atoms with E-state index in [0.717, 1.165) is 29.6 Å². The number of nitrogens with zero attached hydrogens (tertiary/aromatic N) is 1. The first-order chi connectivity index (χ1) is 9.13. The lowest BCUT2D eigenvalue weighted by Gasteiger charge is -2.18. The monoisotopic (exact) mass is 256 g/mol. The van der Waals surface area contributed by atoms with E-state index in [-0.39, 0.29) is 6.04 Å². The maximum absolute atomic E-state index is 6.38. The minimum atomic E-state index is 0.0515. The molecule has 1 aromatic heterocycles. The molecule has 3 rings (SSSR count). The van der Waals surface area contributed by atoms with Gasteiger partial charge in [-0.3, -0.25) is 4.98 Å². The summed E-state index contributed by atoms with van der Waals surface area (Å²) in [5.41, 5.74) is 9.64. The van der Waals surface area contributed by atoms with E-state index in [1.54, 1.807) is 0 Å². The molecule has 19 heavy (non-hydrogen) atoms. The summed E-state index contributed by atoms with van der Waals surface area (Å²) in [4.78, 5) is 4.52. The summed E-state index contributed by atoms with van der Waals surface area (Å²) in [6.07, 6.45) is 1.38. The average Bonchev–Trinajstić information content (AvgIpc) is 2.84. The van der Waals surface area contributed by atoms with Gasteiger partial charge in [0.2, 0.25) is 0 Å². The highest BCUT2D eigenvalue weighted by atomic mass is 16.5. The first-order valence-electron chi connectivity index (χ1n) is 6.88. The van der Waals surface area contributed by atoms with Crippen LogP contribution in [0.2, 0.25) is 0 Å². The number of benzene rings is 1. The number of hydrogen-bond donors (Lipinski definition) is 1. The van der Waals surface area contributed by atoms with Gasteiger partial charge in [0.05, 0.1) is 18.2 Å². The quantitative estimate of drug-likeness (QED) is 0.898. The van der Waals surface area contributed by atoms with Gasteiger partial charge in [0.25, 0.3) is 0 Å². The summed E-state index contributed by atoms with van der Waals surface area (Å²) in [7, 11) is 0. The van der Waals surface area contributed by atoms with Gasteiger partial charge in [-0.2, -0.15) is 0 Å². The van der Waals surface area contributed by atoms with Crippen molar-refractivity contribution < 1.29 is 4.74 Å². The van der Waals surface area contributed by atoms with Crippen molar-refractivity contribution in [3.8, 4) is 0 Å². The van der Waals surface area contributed by atoms with Gasteiger partial charge in [-0.15, -0.1) is 0 Å². The van der Waals surface area contributed by atoms with Crippen molar-refractivity contribution in [2.75, 3.05) is 6.61 Å². The van der Waals surface area contributed by atoms with Crippen LogP contribution in [0.3, 0.4) is 0 Å². The third-order valence-electron chi connectivity index (χ3n) is 3.97. The molecule has 3 unspecified atom stereocenters. The summed E-state index contributed by atoms with van der Waals surface area (Å²) >= 11 is 0. The molecule has 1 fully saturated rings. The van der Waals surface area contributed by atoms with Crippen molar-refractivity contribution in [2.24, 2.45) is 11.7 Å². The summed E-state index contributed by atoms with van der Waals surface area (Å²) in [5.74, 6) is 0.422. The Kier molecular flexibility index (Phi) is 3.25. The molecule has 3 heteroatoms. The number of pyridine rings is 1. The minimum Gasteiger partial charge on any atom is -0.378 e. The maximum Gasteiger partial charge on any atom is 0.0705 e. The molecular weight excluding hydrogens is 236 g/mol. The molecule has 0 aliphatic carbocycles. The molecule has 0 spiro atoms. The van der Waals surface area contributed by atoms with Crippen LogP contribution in [-0.2, 0) is 4.74 Å². The van der Waals surface area contributed by atoms with E-state index < -0.39 is 0 Å². The van der Waals surface area contributed by atoms with Gasteiger partial charge in [-0.05, 0) is 44.0 Å². The number of nitrogens with two attached hydrogens (primary N) is 1. The smallest absolute Gasteiger partial charge is 0.0705 e. The van der Waals surface area contributed by atoms with E-state index in [1.165, 1.54) is 5.56 Å². The zero-order valence-corrected chi connectivity index (χ0v) is 11.5. The van der Waals surface area contributed by atoms with Crippen molar-refractivity contribution in [2.45, 2.75) is 32.4 Å². The Labute approximate surface area is 113 Å². The van der Waals surface area contributed by atoms with E-state index in [2.05, 4.69) is 36.2 Å². The Hall–Kier alpha value is -1.45. The average molecular weight is 256 g/mol. The van der Waals surface area contributed by atoms with Crippen LogP contribution in [0.4, 0.5) is 0 Å². The highest BCUT2D eigenvalue weighted by Crippen LogP contribution is 2.31. The van der Waals surface area contributed by atoms with Crippen LogP contribution in [0.25, 0.3) is 10.9 Å². The first kappa shape index (κ1) is 12.6. The van der Waals surface area contributed by atoms with E-state index >= 15 is 0 Å². The Balaban J connectivity index is 1.90. The Morgan fingerprint density at radius 2 is 2.16 bits per heavy atom. The molecule has 100 valence electrons. The second kappa shape index (κ2) is 4.91. The van der Waals surface area contributed by atoms with E-state index in [9.17, 15) is 0 Å². The number of aromatic nitrogens is 1. The highest BCUT2D eigenvalue weighted by Gasteiger charge is 2.28. The Morgan fingerprint density at radius 3 is 2.89 bits per heavy atom. The minimum absolute atomic E-state index is 0.0515. The predicted octanol–water partition coefficient (Wildman–Crippen LogP) is 2.97. The Morgan fingerprint density at radius 1 is 1.32 bits per heavy atom. The van der Waals surface area contributed by atoms with Crippen molar-refractivity contribution in [1.82, 2.24) is 4.98 Å². The zero-order valence-electron chi connectivity index (χ0n) is 11.5. The van der Waals surface area contributed by atoms with Crippen LogP contribution in [0, 0.1) is 12.8 Å². The summed E-state index contributed by atoms with van der Waals surface area (Å²) in [5, 5.41) is 1.16. The lowest BCUT2D eigenvalue weighted by atomic mass is 9.91. The van der Waals surface area contributed by atoms with Crippen LogP contribution >= 0.6 is 0 Å². The van der Waals surface area contributed by atoms with Gasteiger partial charge < -0.3 is 10.5 Å². The van der Waals surface area contributed by atoms with Crippen LogP contribution in [0.5, 0.6) is 0 Å². The molecular formula is C16H20N2O. The molecule has 0 bridgehead atoms.